The highest BCUT2D eigenvalue weighted by Gasteiger charge is 2.36. The van der Waals surface area contributed by atoms with Crippen LogP contribution in [0, 0.1) is 23.7 Å². The summed E-state index contributed by atoms with van der Waals surface area (Å²) in [5, 5.41) is 22.7. The second kappa shape index (κ2) is 35.7. The zero-order chi connectivity index (χ0) is 72.3. The van der Waals surface area contributed by atoms with Crippen LogP contribution in [0.15, 0.2) is 91.0 Å². The molecule has 5 unspecified atom stereocenters. The number of ketones is 3. The molecule has 0 aliphatic heterocycles. The minimum atomic E-state index is -1.75. The molecule has 0 saturated heterocycles. The summed E-state index contributed by atoms with van der Waals surface area (Å²) >= 11 is 0. The third kappa shape index (κ3) is 20.6. The molecule has 22 nitrogen and oxygen atoms in total. The molecule has 0 aromatic heterocycles. The fraction of sp³-hybridized carbons (Fsp3) is 0.461. The molecule has 4 amide bonds. The molecule has 5 aromatic carbocycles. The summed E-state index contributed by atoms with van der Waals surface area (Å²) in [6.45, 7) is 16.8. The number of fused-ring (bicyclic) bond motifs is 2. The van der Waals surface area contributed by atoms with Gasteiger partial charge in [0.25, 0.3) is 5.91 Å². The van der Waals surface area contributed by atoms with E-state index >= 15 is 0 Å². The van der Waals surface area contributed by atoms with Crippen LogP contribution in [0.1, 0.15) is 140 Å². The molecule has 530 valence electrons. The van der Waals surface area contributed by atoms with Crippen molar-refractivity contribution in [3.63, 3.8) is 0 Å². The molecule has 5 aromatic rings. The van der Waals surface area contributed by atoms with Gasteiger partial charge in [-0.1, -0.05) is 84.0 Å². The predicted octanol–water partition coefficient (Wildman–Crippen LogP) is 11.2. The molecule has 7 rings (SSSR count). The van der Waals surface area contributed by atoms with Gasteiger partial charge in [0.05, 0.1) is 86.4 Å². The zero-order valence-corrected chi connectivity index (χ0v) is 59.7. The van der Waals surface area contributed by atoms with Gasteiger partial charge in [-0.15, -0.1) is 0 Å². The van der Waals surface area contributed by atoms with Gasteiger partial charge in [-0.25, -0.2) is 4.79 Å². The molecule has 0 saturated carbocycles. The van der Waals surface area contributed by atoms with Crippen LogP contribution in [0.25, 0.3) is 11.1 Å². The Morgan fingerprint density at radius 2 is 0.969 bits per heavy atom. The third-order valence-corrected chi connectivity index (χ3v) is 16.5. The maximum absolute atomic E-state index is 14.3. The number of nitrogens with one attached hydrogen (secondary N) is 4. The number of carbonyl (C=O) groups excluding carboxylic acids is 7. The number of allylic oxidation sites excluding steroid dienone is 2. The molecule has 0 fully saturated rings. The number of rotatable bonds is 29. The Balaban J connectivity index is 0.000000364. The maximum atomic E-state index is 14.3. The van der Waals surface area contributed by atoms with E-state index in [1.165, 1.54) is 35.5 Å². The van der Waals surface area contributed by atoms with E-state index in [1.54, 1.807) is 90.7 Å². The minimum absolute atomic E-state index is 0.0139. The molecule has 0 radical (unpaired) electrons. The first-order chi connectivity index (χ1) is 46.5. The Hall–Kier alpha value is -9.41. The van der Waals surface area contributed by atoms with Crippen LogP contribution in [-0.2, 0) is 52.8 Å². The van der Waals surface area contributed by atoms with E-state index < -0.39 is 53.7 Å². The van der Waals surface area contributed by atoms with Gasteiger partial charge in [0.15, 0.2) is 46.5 Å². The van der Waals surface area contributed by atoms with Gasteiger partial charge >= 0.3 is 6.09 Å². The molecule has 22 heteroatoms. The molecule has 5 atom stereocenters. The molecule has 2 aliphatic rings. The van der Waals surface area contributed by atoms with E-state index in [0.29, 0.717) is 112 Å². The van der Waals surface area contributed by atoms with E-state index in [0.717, 1.165) is 27.8 Å². The van der Waals surface area contributed by atoms with Crippen LogP contribution in [-0.4, -0.2) is 133 Å². The zero-order valence-electron chi connectivity index (χ0n) is 59.7. The van der Waals surface area contributed by atoms with Gasteiger partial charge in [0, 0.05) is 36.3 Å². The predicted molar refractivity (Wildman–Crippen MR) is 377 cm³/mol. The van der Waals surface area contributed by atoms with Crippen LogP contribution in [0.2, 0.25) is 0 Å². The Morgan fingerprint density at radius 3 is 1.39 bits per heavy atom. The highest BCUT2D eigenvalue weighted by Crippen LogP contribution is 2.49. The number of amides is 4. The highest BCUT2D eigenvalue weighted by atomic mass is 16.6. The first kappa shape index (κ1) is 77.6. The van der Waals surface area contributed by atoms with Gasteiger partial charge in [-0.05, 0) is 165 Å². The van der Waals surface area contributed by atoms with Crippen molar-refractivity contribution in [1.82, 2.24) is 10.6 Å². The number of methoxy groups -OCH3 is 8. The Morgan fingerprint density at radius 1 is 0.520 bits per heavy atom. The molecule has 0 heterocycles. The van der Waals surface area contributed by atoms with Gasteiger partial charge in [0.2, 0.25) is 23.3 Å². The lowest BCUT2D eigenvalue weighted by Gasteiger charge is -2.28. The summed E-state index contributed by atoms with van der Waals surface area (Å²) in [6.07, 6.45) is 3.13. The fourth-order valence-corrected chi connectivity index (χ4v) is 12.0. The number of anilines is 2. The smallest absolute Gasteiger partial charge is 0.407 e. The van der Waals surface area contributed by atoms with E-state index in [2.05, 4.69) is 21.3 Å². The number of aliphatic hydroxyl groups excluding tert-OH is 1. The quantitative estimate of drug-likeness (QED) is 0.0259. The van der Waals surface area contributed by atoms with E-state index in [4.69, 9.17) is 48.4 Å². The molecule has 7 N–H and O–H groups in total. The number of Topliss-reactive ketones (excluding diaryl/α,β-unsaturated/α-hetero) is 1. The standard InChI is InChI=1S/C49H65N3O11.C27H34N2O6/c1-28(2)21-32(25-40(54)37(22-29(3)4)50-47(57)43(55)39(23-30-15-13-12-14-16-30)52-48(58)63-49(5,6)7)46(56)51-38-24-31(17-20-41(38)59-8)35-26-33(53)18-19-34-36(35)27-42(60-9)45(62-11)44(34)61-10;1-15(2)11-21(28)27(31)29-22-12-16(7-10-23(22)32-3)19-13-17(30)8-9-18-20(19)14-24(33-4)26(35-6)25(18)34-5/h12-17,20,24,26-29,32,37,39,43,55H,18-19,21-23,25H2,1-11H3,(H,50,57)(H,51,56)(H,52,58);7,10,12-15,21H,8-9,11,28H2,1-6H3,(H,29,31). The van der Waals surface area contributed by atoms with Crippen molar-refractivity contribution in [3.8, 4) is 46.0 Å². The summed E-state index contributed by atoms with van der Waals surface area (Å²) in [7, 11) is 12.2. The minimum Gasteiger partial charge on any atom is -0.495 e. The summed E-state index contributed by atoms with van der Waals surface area (Å²) < 4.78 is 50.4. The first-order valence-corrected chi connectivity index (χ1v) is 32.9. The van der Waals surface area contributed by atoms with Gasteiger partial charge in [-0.3, -0.25) is 28.8 Å². The largest absolute Gasteiger partial charge is 0.495 e. The van der Waals surface area contributed by atoms with Crippen molar-refractivity contribution in [2.45, 2.75) is 150 Å². The van der Waals surface area contributed by atoms with Crippen molar-refractivity contribution < 1.29 is 81.3 Å². The van der Waals surface area contributed by atoms with Crippen molar-refractivity contribution >= 4 is 63.7 Å². The first-order valence-electron chi connectivity index (χ1n) is 32.9. The molecule has 0 bridgehead atoms. The number of nitrogens with two attached hydrogens (primary N) is 1. The van der Waals surface area contributed by atoms with E-state index in [9.17, 15) is 38.7 Å². The van der Waals surface area contributed by atoms with Crippen molar-refractivity contribution in [2.24, 2.45) is 29.4 Å². The molecule has 2 aliphatic carbocycles. The normalized spacial score (nSPS) is 14.3. The summed E-state index contributed by atoms with van der Waals surface area (Å²) in [4.78, 5) is 93.8. The summed E-state index contributed by atoms with van der Waals surface area (Å²) in [6, 6.07) is 20.6. The number of hydrogen-bond donors (Lipinski definition) is 6. The second-order valence-corrected chi connectivity index (χ2v) is 26.5. The number of aliphatic hydroxyl groups is 1. The van der Waals surface area contributed by atoms with Crippen LogP contribution in [0.3, 0.4) is 0 Å². The number of benzene rings is 5. The number of alkyl carbamates (subject to hydrolysis) is 1. The fourth-order valence-electron chi connectivity index (χ4n) is 12.0. The second-order valence-electron chi connectivity index (χ2n) is 26.5. The van der Waals surface area contributed by atoms with Crippen LogP contribution < -0.4 is 64.9 Å². The lowest BCUT2D eigenvalue weighted by molar-refractivity contribution is -0.135. The lowest BCUT2D eigenvalue weighted by Crippen LogP contribution is -2.55. The number of ether oxygens (including phenoxy) is 9. The number of hydrogen-bond acceptors (Lipinski definition) is 18. The molecular formula is C76H99N5O17. The van der Waals surface area contributed by atoms with Crippen molar-refractivity contribution in [1.29, 1.82) is 0 Å². The van der Waals surface area contributed by atoms with Crippen LogP contribution in [0.4, 0.5) is 16.2 Å². The van der Waals surface area contributed by atoms with E-state index in [-0.39, 0.29) is 66.7 Å². The Bertz CT molecular complexity index is 3720. The van der Waals surface area contributed by atoms with Crippen molar-refractivity contribution in [2.75, 3.05) is 67.5 Å². The SMILES string of the molecule is COc1ccc(C2=CC(=O)CCc3c2cc(OC)c(OC)c3OC)cc1NC(=O)C(CC(=O)C(CC(C)C)NC(=O)C(O)C(Cc1ccccc1)NC(=O)OC(C)(C)C)CC(C)C.COc1ccc(C2=CC(=O)CCc3c2cc(OC)c(OC)c3OC)cc1NC(=O)C(N)CC(C)C. The van der Waals surface area contributed by atoms with Crippen LogP contribution >= 0.6 is 0 Å². The van der Waals surface area contributed by atoms with Gasteiger partial charge in [-0.2, -0.15) is 0 Å². The summed E-state index contributed by atoms with van der Waals surface area (Å²) in [5.41, 5.74) is 12.5. The average molecular weight is 1350 g/mol. The lowest BCUT2D eigenvalue weighted by atomic mass is 9.87. The molecule has 98 heavy (non-hydrogen) atoms. The van der Waals surface area contributed by atoms with E-state index in [1.807, 2.05) is 84.0 Å². The Kier molecular flexibility index (Phi) is 28.3. The molecule has 0 spiro atoms. The van der Waals surface area contributed by atoms with Crippen LogP contribution in [0.5, 0.6) is 46.0 Å². The topological polar surface area (TPSA) is 297 Å². The Labute approximate surface area is 576 Å². The maximum Gasteiger partial charge on any atom is 0.407 e. The monoisotopic (exact) mass is 1350 g/mol. The molecular weight excluding hydrogens is 1250 g/mol. The highest BCUT2D eigenvalue weighted by molar-refractivity contribution is 6.06. The van der Waals surface area contributed by atoms with Gasteiger partial charge < -0.3 is 74.7 Å². The third-order valence-electron chi connectivity index (χ3n) is 16.5. The average Bonchev–Trinajstić information content (AvgIpc) is 1.36. The number of carbonyl (C=O) groups is 7. The van der Waals surface area contributed by atoms with Gasteiger partial charge in [0.1, 0.15) is 17.1 Å². The van der Waals surface area contributed by atoms with Crippen molar-refractivity contribution in [3.05, 3.63) is 130 Å². The summed E-state index contributed by atoms with van der Waals surface area (Å²) in [5.74, 6) is 0.986.